The van der Waals surface area contributed by atoms with Crippen molar-refractivity contribution in [2.75, 3.05) is 39.6 Å². The largest absolute Gasteiger partial charge is 0.472 e. The molecule has 0 radical (unpaired) electrons. The fraction of sp³-hybridized carbons (Fsp3) is 0.942. The number of ether oxygens (including phenoxy) is 4. The summed E-state index contributed by atoms with van der Waals surface area (Å²) in [7, 11) is -9.89. The van der Waals surface area contributed by atoms with Crippen LogP contribution in [-0.4, -0.2) is 96.7 Å². The maximum absolute atomic E-state index is 13.0. The lowest BCUT2D eigenvalue weighted by molar-refractivity contribution is -0.161. The Balaban J connectivity index is 5.16. The van der Waals surface area contributed by atoms with Gasteiger partial charge in [-0.15, -0.1) is 0 Å². The third-order valence-corrected chi connectivity index (χ3v) is 18.2. The Bertz CT molecular complexity index is 1720. The standard InChI is InChI=1S/C69H134O17P2/c1-7-10-12-14-15-16-22-30-35-41-47-53-68(73)85-64(57-79-66(71)51-45-37-13-11-8-2)59-83-87(75,76)81-55-63(70)56-82-88(77,78)84-60-65(58-80-67(72)52-46-40-34-29-26-25-28-33-39-44-50-62(6)9-3)86-69(74)54-48-42-36-31-24-21-19-17-18-20-23-27-32-38-43-49-61(4)5/h61-65,70H,7-60H2,1-6H3,(H,75,76)(H,77,78)/t62?,63-,64+,65+/m0/s1. The van der Waals surface area contributed by atoms with E-state index in [9.17, 15) is 43.2 Å². The molecular weight excluding hydrogens is 1160 g/mol. The topological polar surface area (TPSA) is 237 Å². The van der Waals surface area contributed by atoms with Crippen LogP contribution in [0.25, 0.3) is 0 Å². The van der Waals surface area contributed by atoms with E-state index in [1.54, 1.807) is 0 Å². The van der Waals surface area contributed by atoms with Crippen molar-refractivity contribution >= 4 is 39.5 Å². The van der Waals surface area contributed by atoms with Crippen LogP contribution in [-0.2, 0) is 65.4 Å². The Labute approximate surface area is 537 Å². The van der Waals surface area contributed by atoms with Gasteiger partial charge >= 0.3 is 39.5 Å². The number of esters is 4. The highest BCUT2D eigenvalue weighted by Gasteiger charge is 2.30. The average molecular weight is 1300 g/mol. The molecule has 6 atom stereocenters. The quantitative estimate of drug-likeness (QED) is 0.0222. The highest BCUT2D eigenvalue weighted by molar-refractivity contribution is 7.47. The fourth-order valence-electron chi connectivity index (χ4n) is 10.4. The van der Waals surface area contributed by atoms with Crippen LogP contribution >= 0.6 is 15.6 Å². The summed E-state index contributed by atoms with van der Waals surface area (Å²) in [6.07, 6.45) is 46.1. The zero-order chi connectivity index (χ0) is 65.0. The van der Waals surface area contributed by atoms with Crippen LogP contribution < -0.4 is 0 Å². The number of carbonyl (C=O) groups excluding carboxylic acids is 4. The van der Waals surface area contributed by atoms with Crippen molar-refractivity contribution in [3.8, 4) is 0 Å². The van der Waals surface area contributed by atoms with E-state index in [1.165, 1.54) is 161 Å². The van der Waals surface area contributed by atoms with Crippen LogP contribution in [0, 0.1) is 11.8 Å². The molecular formula is C69H134O17P2. The Morgan fingerprint density at radius 3 is 0.864 bits per heavy atom. The molecule has 0 aromatic carbocycles. The van der Waals surface area contributed by atoms with Gasteiger partial charge < -0.3 is 33.8 Å². The molecule has 0 aromatic heterocycles. The second-order valence-electron chi connectivity index (χ2n) is 25.6. The third-order valence-electron chi connectivity index (χ3n) is 16.3. The zero-order valence-electron chi connectivity index (χ0n) is 57.0. The molecule has 0 saturated heterocycles. The normalized spacial score (nSPS) is 14.5. The minimum Gasteiger partial charge on any atom is -0.462 e. The lowest BCUT2D eigenvalue weighted by atomic mass is 9.99. The van der Waals surface area contributed by atoms with E-state index in [1.807, 2.05) is 0 Å². The van der Waals surface area contributed by atoms with E-state index in [-0.39, 0.29) is 25.7 Å². The maximum atomic E-state index is 13.0. The highest BCUT2D eigenvalue weighted by Crippen LogP contribution is 2.45. The molecule has 3 N–H and O–H groups in total. The molecule has 0 bridgehead atoms. The summed E-state index contributed by atoms with van der Waals surface area (Å²) >= 11 is 0. The number of rotatable bonds is 68. The molecule has 0 aromatic rings. The first kappa shape index (κ1) is 86.1. The molecule has 0 saturated carbocycles. The molecule has 19 heteroatoms. The van der Waals surface area contributed by atoms with Crippen molar-refractivity contribution < 1.29 is 80.2 Å². The summed E-state index contributed by atoms with van der Waals surface area (Å²) in [5.41, 5.74) is 0. The first-order valence-electron chi connectivity index (χ1n) is 36.0. The predicted molar refractivity (Wildman–Crippen MR) is 354 cm³/mol. The smallest absolute Gasteiger partial charge is 0.462 e. The summed E-state index contributed by atoms with van der Waals surface area (Å²) in [4.78, 5) is 72.2. The van der Waals surface area contributed by atoms with Gasteiger partial charge in [-0.2, -0.15) is 0 Å². The molecule has 0 heterocycles. The first-order valence-corrected chi connectivity index (χ1v) is 39.0. The van der Waals surface area contributed by atoms with Crippen molar-refractivity contribution in [3.05, 3.63) is 0 Å². The number of aliphatic hydroxyl groups excluding tert-OH is 1. The average Bonchev–Trinajstić information content (AvgIpc) is 3.66. The molecule has 0 aliphatic heterocycles. The second-order valence-corrected chi connectivity index (χ2v) is 28.5. The summed E-state index contributed by atoms with van der Waals surface area (Å²) in [5.74, 6) is -0.524. The Morgan fingerprint density at radius 1 is 0.330 bits per heavy atom. The summed E-state index contributed by atoms with van der Waals surface area (Å²) < 4.78 is 68.0. The van der Waals surface area contributed by atoms with Gasteiger partial charge in [0.05, 0.1) is 26.4 Å². The molecule has 0 fully saturated rings. The molecule has 0 aliphatic rings. The zero-order valence-corrected chi connectivity index (χ0v) is 58.8. The van der Waals surface area contributed by atoms with E-state index >= 15 is 0 Å². The van der Waals surface area contributed by atoms with Crippen molar-refractivity contribution in [1.29, 1.82) is 0 Å². The van der Waals surface area contributed by atoms with Gasteiger partial charge in [-0.05, 0) is 37.5 Å². The number of phosphoric ester groups is 2. The lowest BCUT2D eigenvalue weighted by Gasteiger charge is -2.21. The third kappa shape index (κ3) is 61.6. The Hall–Kier alpha value is -1.94. The summed E-state index contributed by atoms with van der Waals surface area (Å²) in [5, 5.41) is 10.5. The SMILES string of the molecule is CCCCCCCCCCCCCC(=O)O[C@H](COC(=O)CCCCCCC)COP(=O)(O)OC[C@H](O)COP(=O)(O)OC[C@@H](COC(=O)CCCCCCCCCCCCC(C)CC)OC(=O)CCCCCCCCCCCCCCCCCC(C)C. The van der Waals surface area contributed by atoms with Crippen LogP contribution in [0.4, 0.5) is 0 Å². The van der Waals surface area contributed by atoms with Crippen LogP contribution in [0.2, 0.25) is 0 Å². The molecule has 0 amide bonds. The van der Waals surface area contributed by atoms with Gasteiger partial charge in [-0.3, -0.25) is 37.3 Å². The van der Waals surface area contributed by atoms with Gasteiger partial charge in [0.15, 0.2) is 12.2 Å². The van der Waals surface area contributed by atoms with Gasteiger partial charge in [-0.1, -0.05) is 298 Å². The molecule has 88 heavy (non-hydrogen) atoms. The van der Waals surface area contributed by atoms with Gasteiger partial charge in [-0.25, -0.2) is 9.13 Å². The highest BCUT2D eigenvalue weighted by atomic mass is 31.2. The monoisotopic (exact) mass is 1300 g/mol. The first-order chi connectivity index (χ1) is 42.4. The van der Waals surface area contributed by atoms with E-state index in [0.29, 0.717) is 25.7 Å². The van der Waals surface area contributed by atoms with Crippen LogP contribution in [0.1, 0.15) is 350 Å². The van der Waals surface area contributed by atoms with Crippen molar-refractivity contribution in [3.63, 3.8) is 0 Å². The molecule has 0 spiro atoms. The van der Waals surface area contributed by atoms with Crippen LogP contribution in [0.5, 0.6) is 0 Å². The van der Waals surface area contributed by atoms with E-state index in [0.717, 1.165) is 108 Å². The number of hydrogen-bond donors (Lipinski definition) is 3. The number of unbranched alkanes of at least 4 members (excludes halogenated alkanes) is 37. The number of aliphatic hydroxyl groups is 1. The molecule has 0 rings (SSSR count). The van der Waals surface area contributed by atoms with Crippen LogP contribution in [0.3, 0.4) is 0 Å². The minimum atomic E-state index is -4.95. The maximum Gasteiger partial charge on any atom is 0.472 e. The summed E-state index contributed by atoms with van der Waals surface area (Å²) in [6.45, 7) is 9.51. The van der Waals surface area contributed by atoms with E-state index in [2.05, 4.69) is 41.5 Å². The van der Waals surface area contributed by atoms with Gasteiger partial charge in [0.2, 0.25) is 0 Å². The van der Waals surface area contributed by atoms with Crippen LogP contribution in [0.15, 0.2) is 0 Å². The van der Waals surface area contributed by atoms with E-state index in [4.69, 9.17) is 37.0 Å². The van der Waals surface area contributed by atoms with Crippen molar-refractivity contribution in [2.45, 2.75) is 368 Å². The van der Waals surface area contributed by atoms with Gasteiger partial charge in [0, 0.05) is 25.7 Å². The number of carbonyl (C=O) groups is 4. The minimum absolute atomic E-state index is 0.106. The molecule has 3 unspecified atom stereocenters. The summed E-state index contributed by atoms with van der Waals surface area (Å²) in [6, 6.07) is 0. The number of phosphoric acid groups is 2. The van der Waals surface area contributed by atoms with Gasteiger partial charge in [0.25, 0.3) is 0 Å². The van der Waals surface area contributed by atoms with Gasteiger partial charge in [0.1, 0.15) is 19.3 Å². The fourth-order valence-corrected chi connectivity index (χ4v) is 12.0. The van der Waals surface area contributed by atoms with E-state index < -0.39 is 97.5 Å². The second kappa shape index (κ2) is 61.3. The molecule has 0 aliphatic carbocycles. The molecule has 522 valence electrons. The predicted octanol–water partition coefficient (Wildman–Crippen LogP) is 19.6. The lowest BCUT2D eigenvalue weighted by Crippen LogP contribution is -2.30. The Morgan fingerprint density at radius 2 is 0.580 bits per heavy atom. The molecule has 17 nitrogen and oxygen atoms in total. The van der Waals surface area contributed by atoms with Crippen molar-refractivity contribution in [1.82, 2.24) is 0 Å². The number of hydrogen-bond acceptors (Lipinski definition) is 15. The Kier molecular flexibility index (Phi) is 59.9. The van der Waals surface area contributed by atoms with Crippen molar-refractivity contribution in [2.24, 2.45) is 11.8 Å².